The molecule has 22 heavy (non-hydrogen) atoms. The number of H-pyrrole nitrogens is 1. The summed E-state index contributed by atoms with van der Waals surface area (Å²) in [5.41, 5.74) is 3.78. The highest BCUT2D eigenvalue weighted by Crippen LogP contribution is 2.27. The number of aromatic nitrogens is 4. The van der Waals surface area contributed by atoms with Gasteiger partial charge < -0.3 is 10.1 Å². The van der Waals surface area contributed by atoms with Crippen LogP contribution in [0.15, 0.2) is 49.1 Å². The summed E-state index contributed by atoms with van der Waals surface area (Å²) in [6, 6.07) is 9.86. The van der Waals surface area contributed by atoms with Crippen LogP contribution in [0, 0.1) is 0 Å². The largest absolute Gasteiger partial charge is 0.386 e. The van der Waals surface area contributed by atoms with Crippen molar-refractivity contribution in [3.8, 4) is 11.3 Å². The van der Waals surface area contributed by atoms with E-state index in [1.165, 1.54) is 0 Å². The topological polar surface area (TPSA) is 66.2 Å². The molecule has 0 amide bonds. The molecule has 0 spiro atoms. The number of hydrogen-bond donors (Lipinski definition) is 2. The number of benzene rings is 1. The first-order valence-electron chi connectivity index (χ1n) is 7.16. The van der Waals surface area contributed by atoms with Gasteiger partial charge in [0.15, 0.2) is 0 Å². The maximum atomic E-state index is 10.0. The number of aliphatic hydroxyl groups is 1. The summed E-state index contributed by atoms with van der Waals surface area (Å²) in [5, 5.41) is 11.0. The highest BCUT2D eigenvalue weighted by molar-refractivity contribution is 5.90. The Bertz CT molecular complexity index is 958. The molecule has 0 bridgehead atoms. The molecule has 5 nitrogen and oxygen atoms in total. The number of nitrogens with zero attached hydrogens (tertiary/aromatic N) is 3. The predicted octanol–water partition coefficient (Wildman–Crippen LogP) is 3.11. The summed E-state index contributed by atoms with van der Waals surface area (Å²) < 4.78 is 1.98. The zero-order valence-electron chi connectivity index (χ0n) is 12.4. The van der Waals surface area contributed by atoms with Crippen LogP contribution in [-0.2, 0) is 5.60 Å². The minimum Gasteiger partial charge on any atom is -0.386 e. The molecule has 3 heterocycles. The van der Waals surface area contributed by atoms with E-state index in [0.29, 0.717) is 0 Å². The van der Waals surface area contributed by atoms with Crippen molar-refractivity contribution in [3.05, 3.63) is 54.6 Å². The third-order valence-corrected chi connectivity index (χ3v) is 3.95. The lowest BCUT2D eigenvalue weighted by molar-refractivity contribution is 0.0786. The summed E-state index contributed by atoms with van der Waals surface area (Å²) in [6.45, 7) is 3.56. The van der Waals surface area contributed by atoms with Crippen molar-refractivity contribution in [1.82, 2.24) is 19.4 Å². The fraction of sp³-hybridized carbons (Fsp3) is 0.176. The number of fused-ring (bicyclic) bond motifs is 3. The van der Waals surface area contributed by atoms with Gasteiger partial charge in [-0.15, -0.1) is 0 Å². The van der Waals surface area contributed by atoms with Gasteiger partial charge in [-0.1, -0.05) is 24.3 Å². The molecule has 0 unspecified atom stereocenters. The van der Waals surface area contributed by atoms with Gasteiger partial charge in [0.25, 0.3) is 0 Å². The standard InChI is InChI=1S/C17H16N4O/c1-17(2,22)12-5-3-11(4-6-12)14-9-19-16-13-7-8-18-15(13)20-10-21(14)16/h3-10,18,22H,1-2H3. The van der Waals surface area contributed by atoms with Gasteiger partial charge >= 0.3 is 0 Å². The van der Waals surface area contributed by atoms with E-state index in [9.17, 15) is 5.11 Å². The molecular formula is C17H16N4O. The Kier molecular flexibility index (Phi) is 2.62. The lowest BCUT2D eigenvalue weighted by Crippen LogP contribution is -2.14. The van der Waals surface area contributed by atoms with Gasteiger partial charge in [-0.2, -0.15) is 0 Å². The number of nitrogens with one attached hydrogen (secondary N) is 1. The van der Waals surface area contributed by atoms with E-state index in [1.54, 1.807) is 20.2 Å². The van der Waals surface area contributed by atoms with Gasteiger partial charge in [0.1, 0.15) is 17.6 Å². The van der Waals surface area contributed by atoms with E-state index >= 15 is 0 Å². The maximum absolute atomic E-state index is 10.0. The van der Waals surface area contributed by atoms with Crippen molar-refractivity contribution >= 4 is 16.7 Å². The third-order valence-electron chi connectivity index (χ3n) is 3.95. The highest BCUT2D eigenvalue weighted by atomic mass is 16.3. The molecule has 0 aliphatic carbocycles. The van der Waals surface area contributed by atoms with E-state index in [0.717, 1.165) is 33.5 Å². The molecule has 0 saturated carbocycles. The van der Waals surface area contributed by atoms with Crippen LogP contribution in [0.3, 0.4) is 0 Å². The maximum Gasteiger partial charge on any atom is 0.149 e. The molecule has 0 atom stereocenters. The van der Waals surface area contributed by atoms with Gasteiger partial charge in [0.2, 0.25) is 0 Å². The molecule has 0 aliphatic heterocycles. The van der Waals surface area contributed by atoms with E-state index in [2.05, 4.69) is 15.0 Å². The second-order valence-electron chi connectivity index (χ2n) is 5.96. The quantitative estimate of drug-likeness (QED) is 0.596. The number of imidazole rings is 1. The fourth-order valence-corrected chi connectivity index (χ4v) is 2.70. The van der Waals surface area contributed by atoms with Crippen molar-refractivity contribution in [1.29, 1.82) is 0 Å². The Morgan fingerprint density at radius 1 is 1.09 bits per heavy atom. The second-order valence-corrected chi connectivity index (χ2v) is 5.96. The molecule has 1 aromatic carbocycles. The lowest BCUT2D eigenvalue weighted by atomic mass is 9.97. The fourth-order valence-electron chi connectivity index (χ4n) is 2.70. The number of rotatable bonds is 2. The Hall–Kier alpha value is -2.66. The summed E-state index contributed by atoms with van der Waals surface area (Å²) >= 11 is 0. The molecular weight excluding hydrogens is 276 g/mol. The summed E-state index contributed by atoms with van der Waals surface area (Å²) in [7, 11) is 0. The Labute approximate surface area is 127 Å². The third kappa shape index (κ3) is 1.90. The Balaban J connectivity index is 1.87. The molecule has 4 aromatic rings. The van der Waals surface area contributed by atoms with Gasteiger partial charge in [-0.3, -0.25) is 4.40 Å². The van der Waals surface area contributed by atoms with Crippen molar-refractivity contribution in [2.24, 2.45) is 0 Å². The van der Waals surface area contributed by atoms with E-state index in [-0.39, 0.29) is 0 Å². The SMILES string of the molecule is CC(C)(O)c1ccc(-c2cnc3c4cc[nH]c4ncn23)cc1. The van der Waals surface area contributed by atoms with Gasteiger partial charge in [0.05, 0.1) is 22.9 Å². The van der Waals surface area contributed by atoms with Crippen LogP contribution < -0.4 is 0 Å². The van der Waals surface area contributed by atoms with Gasteiger partial charge in [0, 0.05) is 11.8 Å². The zero-order valence-corrected chi connectivity index (χ0v) is 12.4. The van der Waals surface area contributed by atoms with Crippen LogP contribution in [0.1, 0.15) is 19.4 Å². The van der Waals surface area contributed by atoms with Gasteiger partial charge in [-0.05, 0) is 25.5 Å². The predicted molar refractivity (Wildman–Crippen MR) is 85.5 cm³/mol. The summed E-state index contributed by atoms with van der Waals surface area (Å²) in [4.78, 5) is 12.0. The molecule has 0 radical (unpaired) electrons. The molecule has 0 fully saturated rings. The number of aromatic amines is 1. The zero-order chi connectivity index (χ0) is 15.3. The highest BCUT2D eigenvalue weighted by Gasteiger charge is 2.16. The molecule has 5 heteroatoms. The van der Waals surface area contributed by atoms with Crippen LogP contribution in [-0.4, -0.2) is 24.5 Å². The Morgan fingerprint density at radius 2 is 1.86 bits per heavy atom. The monoisotopic (exact) mass is 292 g/mol. The van der Waals surface area contributed by atoms with E-state index in [1.807, 2.05) is 47.1 Å². The lowest BCUT2D eigenvalue weighted by Gasteiger charge is -2.17. The van der Waals surface area contributed by atoms with E-state index in [4.69, 9.17) is 0 Å². The smallest absolute Gasteiger partial charge is 0.149 e. The van der Waals surface area contributed by atoms with Crippen molar-refractivity contribution in [2.75, 3.05) is 0 Å². The molecule has 110 valence electrons. The van der Waals surface area contributed by atoms with E-state index < -0.39 is 5.60 Å². The molecule has 4 rings (SSSR count). The normalized spacial score (nSPS) is 12.3. The minimum absolute atomic E-state index is 0.835. The molecule has 3 aromatic heterocycles. The van der Waals surface area contributed by atoms with Crippen molar-refractivity contribution in [2.45, 2.75) is 19.4 Å². The number of hydrogen-bond acceptors (Lipinski definition) is 3. The van der Waals surface area contributed by atoms with Crippen molar-refractivity contribution in [3.63, 3.8) is 0 Å². The van der Waals surface area contributed by atoms with Crippen LogP contribution in [0.25, 0.3) is 27.9 Å². The first-order valence-corrected chi connectivity index (χ1v) is 7.16. The summed E-state index contributed by atoms with van der Waals surface area (Å²) in [6.07, 6.45) is 5.49. The average Bonchev–Trinajstić information content (AvgIpc) is 3.12. The van der Waals surface area contributed by atoms with Crippen LogP contribution >= 0.6 is 0 Å². The van der Waals surface area contributed by atoms with Crippen molar-refractivity contribution < 1.29 is 5.11 Å². The molecule has 0 saturated heterocycles. The van der Waals surface area contributed by atoms with Crippen LogP contribution in [0.4, 0.5) is 0 Å². The van der Waals surface area contributed by atoms with Crippen LogP contribution in [0.2, 0.25) is 0 Å². The molecule has 0 aliphatic rings. The average molecular weight is 292 g/mol. The first kappa shape index (κ1) is 13.0. The first-order chi connectivity index (χ1) is 10.5. The summed E-state index contributed by atoms with van der Waals surface area (Å²) in [5.74, 6) is 0. The van der Waals surface area contributed by atoms with Crippen LogP contribution in [0.5, 0.6) is 0 Å². The minimum atomic E-state index is -0.836. The Morgan fingerprint density at radius 3 is 2.59 bits per heavy atom. The second kappa shape index (κ2) is 4.42. The molecule has 2 N–H and O–H groups in total. The van der Waals surface area contributed by atoms with Gasteiger partial charge in [-0.25, -0.2) is 9.97 Å².